The van der Waals surface area contributed by atoms with Gasteiger partial charge in [0.05, 0.1) is 51.1 Å². The third-order valence-electron chi connectivity index (χ3n) is 20.6. The molecule has 25 heteroatoms. The Kier molecular flexibility index (Phi) is 26.2. The Hall–Kier alpha value is -13.7. The molecular formula is C96H79NO24. The Labute approximate surface area is 694 Å². The van der Waals surface area contributed by atoms with Gasteiger partial charge in [0, 0.05) is 6.92 Å². The molecule has 4 fully saturated rings. The summed E-state index contributed by atoms with van der Waals surface area (Å²) >= 11 is 0. The van der Waals surface area contributed by atoms with E-state index in [0.717, 1.165) is 0 Å². The van der Waals surface area contributed by atoms with Crippen LogP contribution >= 0.6 is 0 Å². The third-order valence-corrected chi connectivity index (χ3v) is 20.6. The maximum atomic E-state index is 15.5. The van der Waals surface area contributed by atoms with Crippen LogP contribution in [0.3, 0.4) is 0 Å². The highest BCUT2D eigenvalue weighted by Gasteiger charge is 2.65. The number of fused-ring (bicyclic) bond motifs is 1. The lowest BCUT2D eigenvalue weighted by molar-refractivity contribution is -0.252. The highest BCUT2D eigenvalue weighted by molar-refractivity contribution is 5.93. The van der Waals surface area contributed by atoms with Gasteiger partial charge in [0.1, 0.15) is 61.5 Å². The quantitative estimate of drug-likeness (QED) is 0.0221. The lowest BCUT2D eigenvalue weighted by Gasteiger charge is -2.38. The molecule has 612 valence electrons. The molecule has 0 amide bonds. The van der Waals surface area contributed by atoms with E-state index in [4.69, 9.17) is 75.8 Å². The van der Waals surface area contributed by atoms with Gasteiger partial charge in [-0.25, -0.2) is 38.4 Å². The van der Waals surface area contributed by atoms with E-state index >= 15 is 24.0 Å². The van der Waals surface area contributed by atoms with Gasteiger partial charge in [0.2, 0.25) is 0 Å². The van der Waals surface area contributed by atoms with Crippen LogP contribution in [0.15, 0.2) is 334 Å². The average Bonchev–Trinajstić information content (AvgIpc) is 1.68. The van der Waals surface area contributed by atoms with Crippen LogP contribution in [0.25, 0.3) is 0 Å². The van der Waals surface area contributed by atoms with Crippen LogP contribution in [0, 0.1) is 11.3 Å². The van der Waals surface area contributed by atoms with Crippen molar-refractivity contribution in [2.45, 2.75) is 110 Å². The number of benzene rings is 11. The lowest BCUT2D eigenvalue weighted by atomic mass is 9.80. The highest BCUT2D eigenvalue weighted by Crippen LogP contribution is 2.46. The van der Waals surface area contributed by atoms with Gasteiger partial charge in [-0.1, -0.05) is 237 Å². The van der Waals surface area contributed by atoms with Crippen molar-refractivity contribution in [3.8, 4) is 6.07 Å². The fourth-order valence-electron chi connectivity index (χ4n) is 14.7. The SMILES string of the molecule is C[C@@]1(C#N)OC2OC(C(COC(=O)c3ccccc3)OC(=O)c3ccccc3)C(OC3OC(C(COC(=O)c4ccccc4)OC(=O)c4ccccc4)C(OC4OC(C(COC(c5ccccc5)(c5ccccc5)c5ccccc5)OC(=O)c5ccccc5)C(OC(=O)c5ccccc5)C4OC(=O)c4ccccc4)C3OC(=O)c3ccccc3)C2O1. The molecule has 121 heavy (non-hydrogen) atoms. The minimum atomic E-state index is -2.19. The monoisotopic (exact) mass is 1630 g/mol. The lowest BCUT2D eigenvalue weighted by Crippen LogP contribution is -2.51. The highest BCUT2D eigenvalue weighted by atomic mass is 16.9. The second-order valence-corrected chi connectivity index (χ2v) is 28.5. The van der Waals surface area contributed by atoms with E-state index in [2.05, 4.69) is 0 Å². The van der Waals surface area contributed by atoms with E-state index < -0.39 is 171 Å². The van der Waals surface area contributed by atoms with Gasteiger partial charge < -0.3 is 75.8 Å². The maximum absolute atomic E-state index is 15.5. The second kappa shape index (κ2) is 38.4. The summed E-state index contributed by atoms with van der Waals surface area (Å²) in [5, 5.41) is 10.7. The molecule has 16 atom stereocenters. The Morgan fingerprint density at radius 1 is 0.322 bits per heavy atom. The molecule has 0 aliphatic carbocycles. The number of rotatable bonds is 31. The Morgan fingerprint density at radius 2 is 0.587 bits per heavy atom. The zero-order chi connectivity index (χ0) is 83.7. The first-order valence-electron chi connectivity index (χ1n) is 39.0. The van der Waals surface area contributed by atoms with Gasteiger partial charge in [-0.2, -0.15) is 5.26 Å². The molecule has 4 heterocycles. The fourth-order valence-corrected chi connectivity index (χ4v) is 14.7. The topological polar surface area (TPSA) is 308 Å². The number of ether oxygens (including phenoxy) is 16. The van der Waals surface area contributed by atoms with Crippen LogP contribution in [-0.2, 0) is 81.4 Å². The molecule has 0 saturated carbocycles. The molecule has 4 saturated heterocycles. The molecule has 15 rings (SSSR count). The Bertz CT molecular complexity index is 5280. The van der Waals surface area contributed by atoms with Crippen molar-refractivity contribution in [2.24, 2.45) is 0 Å². The van der Waals surface area contributed by atoms with Gasteiger partial charge in [-0.15, -0.1) is 0 Å². The number of hydrogen-bond donors (Lipinski definition) is 0. The van der Waals surface area contributed by atoms with Gasteiger partial charge >= 0.3 is 47.8 Å². The van der Waals surface area contributed by atoms with Crippen LogP contribution in [-0.4, -0.2) is 165 Å². The smallest absolute Gasteiger partial charge is 0.338 e. The van der Waals surface area contributed by atoms with E-state index in [1.807, 2.05) is 97.1 Å². The zero-order valence-electron chi connectivity index (χ0n) is 64.8. The molecule has 25 nitrogen and oxygen atoms in total. The number of nitrogens with zero attached hydrogens (tertiary/aromatic N) is 1. The van der Waals surface area contributed by atoms with E-state index in [-0.39, 0.29) is 44.5 Å². The summed E-state index contributed by atoms with van der Waals surface area (Å²) in [6.45, 7) is -0.986. The van der Waals surface area contributed by atoms with E-state index in [9.17, 15) is 19.6 Å². The van der Waals surface area contributed by atoms with Gasteiger partial charge in [0.25, 0.3) is 5.79 Å². The summed E-state index contributed by atoms with van der Waals surface area (Å²) in [5.74, 6) is -9.90. The van der Waals surface area contributed by atoms with Gasteiger partial charge in [-0.05, 0) is 114 Å². The molecule has 11 aromatic rings. The first kappa shape index (κ1) is 82.5. The molecule has 0 spiro atoms. The molecular weight excluding hydrogens is 1550 g/mol. The van der Waals surface area contributed by atoms with Gasteiger partial charge in [0.15, 0.2) is 55.5 Å². The molecule has 4 aliphatic rings. The Balaban J connectivity index is 0.912. The first-order chi connectivity index (χ1) is 59.1. The van der Waals surface area contributed by atoms with Gasteiger partial charge in [-0.3, -0.25) is 0 Å². The zero-order valence-corrected chi connectivity index (χ0v) is 64.8. The predicted molar refractivity (Wildman–Crippen MR) is 428 cm³/mol. The minimum Gasteiger partial charge on any atom is -0.458 e. The Morgan fingerprint density at radius 3 is 0.917 bits per heavy atom. The summed E-state index contributed by atoms with van der Waals surface area (Å²) in [5.41, 5.74) is 0.397. The molecule has 0 N–H and O–H groups in total. The summed E-state index contributed by atoms with van der Waals surface area (Å²) < 4.78 is 108. The molecule has 4 aliphatic heterocycles. The maximum Gasteiger partial charge on any atom is 0.338 e. The summed E-state index contributed by atoms with van der Waals surface area (Å²) in [7, 11) is 0. The third kappa shape index (κ3) is 19.2. The van der Waals surface area contributed by atoms with Crippen molar-refractivity contribution in [3.63, 3.8) is 0 Å². The minimum absolute atomic E-state index is 0.0102. The summed E-state index contributed by atoms with van der Waals surface area (Å²) in [4.78, 5) is 120. The normalized spacial score (nSPS) is 22.8. The molecule has 15 unspecified atom stereocenters. The van der Waals surface area contributed by atoms with E-state index in [0.29, 0.717) is 16.7 Å². The second-order valence-electron chi connectivity index (χ2n) is 28.5. The van der Waals surface area contributed by atoms with Crippen molar-refractivity contribution in [3.05, 3.63) is 395 Å². The van der Waals surface area contributed by atoms with Crippen LogP contribution in [0.4, 0.5) is 0 Å². The van der Waals surface area contributed by atoms with Crippen LogP contribution in [0.2, 0.25) is 0 Å². The molecule has 0 radical (unpaired) electrons. The largest absolute Gasteiger partial charge is 0.458 e. The van der Waals surface area contributed by atoms with Crippen molar-refractivity contribution in [1.82, 2.24) is 0 Å². The van der Waals surface area contributed by atoms with E-state index in [1.54, 1.807) is 146 Å². The van der Waals surface area contributed by atoms with Crippen molar-refractivity contribution >= 4 is 47.8 Å². The van der Waals surface area contributed by atoms with Crippen molar-refractivity contribution in [2.75, 3.05) is 19.8 Å². The average molecular weight is 1630 g/mol. The molecule has 0 bridgehead atoms. The first-order valence-corrected chi connectivity index (χ1v) is 39.0. The molecule has 11 aromatic carbocycles. The number of carbonyl (C=O) groups excluding carboxylic acids is 8. The van der Waals surface area contributed by atoms with Crippen molar-refractivity contribution < 1.29 is 114 Å². The number of nitriles is 1. The number of carbonyl (C=O) groups is 8. The summed E-state index contributed by atoms with van der Waals surface area (Å²) in [6.07, 6.45) is -28.3. The molecule has 0 aromatic heterocycles. The van der Waals surface area contributed by atoms with E-state index in [1.165, 1.54) is 104 Å². The number of esters is 8. The number of hydrogen-bond acceptors (Lipinski definition) is 25. The van der Waals surface area contributed by atoms with Crippen LogP contribution in [0.1, 0.15) is 106 Å². The predicted octanol–water partition coefficient (Wildman–Crippen LogP) is 13.7. The van der Waals surface area contributed by atoms with Crippen LogP contribution < -0.4 is 0 Å². The standard InChI is InChI=1S/C96H79NO24/c1-95(60-97)120-83-80(76(117-94(83)121-95)73(110-87(101)64-41-19-5-20-42-64)58-107-85(99)62-37-15-3-16-38-62)119-93-82(114-91(105)68-49-27-9-28-50-68)79(75(115-93)72(109-86(100)63-39-17-4-18-40-63)57-106-84(98)61-35-13-2-14-36-61)118-92-81(113-90(104)67-47-25-8-26-48-67)78(112-89(103)66-45-23-7-24-46-66)77(116-92)74(111-88(102)65-43-21-6-22-44-65)59-108-96(69-51-29-10-30-52-69,70-53-31-11-32-54-70)71-55-33-12-34-56-71/h2-56,72-83,92-94H,57-59H2,1H3/t72?,73?,74?,75?,76?,77?,78?,79?,80?,81?,82?,83?,92?,93?,94?,95-/m0/s1. The fraction of sp³-hybridized carbons (Fsp3) is 0.219. The van der Waals surface area contributed by atoms with Crippen molar-refractivity contribution in [1.29, 1.82) is 5.26 Å². The summed E-state index contributed by atoms with van der Waals surface area (Å²) in [6, 6.07) is 92.1. The van der Waals surface area contributed by atoms with Crippen LogP contribution in [0.5, 0.6) is 0 Å².